The van der Waals surface area contributed by atoms with Crippen LogP contribution in [0.25, 0.3) is 0 Å². The summed E-state index contributed by atoms with van der Waals surface area (Å²) in [4.78, 5) is 2.17. The van der Waals surface area contributed by atoms with E-state index in [1.807, 2.05) is 0 Å². The fourth-order valence-corrected chi connectivity index (χ4v) is 2.44. The zero-order chi connectivity index (χ0) is 15.0. The third-order valence-electron chi connectivity index (χ3n) is 2.94. The quantitative estimate of drug-likeness (QED) is 0.709. The number of benzene rings is 1. The van der Waals surface area contributed by atoms with Gasteiger partial charge in [0.1, 0.15) is 5.75 Å². The lowest BCUT2D eigenvalue weighted by molar-refractivity contribution is 0.128. The first kappa shape index (κ1) is 17.5. The van der Waals surface area contributed by atoms with E-state index in [1.54, 1.807) is 20.3 Å². The first-order valence-electron chi connectivity index (χ1n) is 6.45. The number of methoxy groups -OCH3 is 2. The summed E-state index contributed by atoms with van der Waals surface area (Å²) >= 11 is 11.9. The van der Waals surface area contributed by atoms with Gasteiger partial charge in [-0.15, -0.1) is 0 Å². The minimum Gasteiger partial charge on any atom is -0.506 e. The number of phenols is 1. The molecule has 4 nitrogen and oxygen atoms in total. The Morgan fingerprint density at radius 2 is 1.80 bits per heavy atom. The average Bonchev–Trinajstić information content (AvgIpc) is 2.41. The molecule has 0 saturated carbocycles. The Kier molecular flexibility index (Phi) is 8.26. The van der Waals surface area contributed by atoms with E-state index in [9.17, 15) is 5.11 Å². The molecule has 0 unspecified atom stereocenters. The van der Waals surface area contributed by atoms with Crippen LogP contribution in [0.3, 0.4) is 0 Å². The van der Waals surface area contributed by atoms with Crippen LogP contribution in [-0.2, 0) is 16.0 Å². The van der Waals surface area contributed by atoms with Gasteiger partial charge in [0.25, 0.3) is 0 Å². The van der Waals surface area contributed by atoms with Gasteiger partial charge in [-0.3, -0.25) is 4.90 Å². The van der Waals surface area contributed by atoms with Crippen molar-refractivity contribution in [2.45, 2.75) is 13.0 Å². The van der Waals surface area contributed by atoms with Crippen molar-refractivity contribution in [1.29, 1.82) is 0 Å². The first-order chi connectivity index (χ1) is 9.58. The minimum absolute atomic E-state index is 0.0882. The van der Waals surface area contributed by atoms with Crippen molar-refractivity contribution in [3.8, 4) is 5.75 Å². The molecule has 0 atom stereocenters. The number of hydrogen-bond donors (Lipinski definition) is 1. The molecule has 6 heteroatoms. The molecular weight excluding hydrogens is 301 g/mol. The number of halogens is 2. The van der Waals surface area contributed by atoms with Gasteiger partial charge in [-0.2, -0.15) is 0 Å². The molecule has 0 radical (unpaired) electrons. The summed E-state index contributed by atoms with van der Waals surface area (Å²) in [6.07, 6.45) is 0.912. The van der Waals surface area contributed by atoms with Crippen LogP contribution >= 0.6 is 23.2 Å². The SMILES string of the molecule is COCCCN(CCOC)Cc1cc(Cl)cc(Cl)c1O. The van der Waals surface area contributed by atoms with Crippen LogP contribution in [0.2, 0.25) is 10.0 Å². The largest absolute Gasteiger partial charge is 0.506 e. The molecule has 0 saturated heterocycles. The lowest BCUT2D eigenvalue weighted by atomic mass is 10.2. The molecule has 0 amide bonds. The Morgan fingerprint density at radius 3 is 2.45 bits per heavy atom. The summed E-state index contributed by atoms with van der Waals surface area (Å²) in [5.41, 5.74) is 0.719. The van der Waals surface area contributed by atoms with E-state index in [4.69, 9.17) is 32.7 Å². The second-order valence-corrected chi connectivity index (χ2v) is 5.35. The Balaban J connectivity index is 2.72. The van der Waals surface area contributed by atoms with E-state index in [2.05, 4.69) is 4.90 Å². The summed E-state index contributed by atoms with van der Waals surface area (Å²) < 4.78 is 10.2. The predicted molar refractivity (Wildman–Crippen MR) is 81.8 cm³/mol. The van der Waals surface area contributed by atoms with Crippen LogP contribution in [-0.4, -0.2) is 50.5 Å². The van der Waals surface area contributed by atoms with Crippen LogP contribution in [0.1, 0.15) is 12.0 Å². The Morgan fingerprint density at radius 1 is 1.10 bits per heavy atom. The van der Waals surface area contributed by atoms with Gasteiger partial charge < -0.3 is 14.6 Å². The Hall–Kier alpha value is -0.520. The fraction of sp³-hybridized carbons (Fsp3) is 0.571. The van der Waals surface area contributed by atoms with Crippen molar-refractivity contribution in [1.82, 2.24) is 4.90 Å². The third kappa shape index (κ3) is 5.85. The van der Waals surface area contributed by atoms with Crippen molar-refractivity contribution < 1.29 is 14.6 Å². The Labute approximate surface area is 130 Å². The van der Waals surface area contributed by atoms with E-state index < -0.39 is 0 Å². The van der Waals surface area contributed by atoms with Gasteiger partial charge in [0.15, 0.2) is 0 Å². The standard InChI is InChI=1S/C14H21Cl2NO3/c1-19-6-3-4-17(5-7-20-2)10-11-8-12(15)9-13(16)14(11)18/h8-9,18H,3-7,10H2,1-2H3. The van der Waals surface area contributed by atoms with Gasteiger partial charge >= 0.3 is 0 Å². The highest BCUT2D eigenvalue weighted by atomic mass is 35.5. The van der Waals surface area contributed by atoms with Crippen LogP contribution in [0.5, 0.6) is 5.75 Å². The molecule has 0 aliphatic heterocycles. The number of aromatic hydroxyl groups is 1. The summed E-state index contributed by atoms with van der Waals surface area (Å²) in [6.45, 7) is 3.51. The number of nitrogens with zero attached hydrogens (tertiary/aromatic N) is 1. The lowest BCUT2D eigenvalue weighted by Crippen LogP contribution is -2.28. The summed E-state index contributed by atoms with van der Waals surface area (Å²) in [6, 6.07) is 3.27. The second-order valence-electron chi connectivity index (χ2n) is 4.51. The number of ether oxygens (including phenoxy) is 2. The van der Waals surface area contributed by atoms with Crippen LogP contribution in [0, 0.1) is 0 Å². The van der Waals surface area contributed by atoms with Crippen molar-refractivity contribution >= 4 is 23.2 Å². The molecule has 0 spiro atoms. The Bertz CT molecular complexity index is 416. The highest BCUT2D eigenvalue weighted by Gasteiger charge is 2.12. The zero-order valence-electron chi connectivity index (χ0n) is 11.9. The van der Waals surface area contributed by atoms with Crippen LogP contribution in [0.4, 0.5) is 0 Å². The highest BCUT2D eigenvalue weighted by molar-refractivity contribution is 6.35. The predicted octanol–water partition coefficient (Wildman–Crippen LogP) is 3.18. The van der Waals surface area contributed by atoms with Gasteiger partial charge in [0, 0.05) is 51.0 Å². The smallest absolute Gasteiger partial charge is 0.138 e. The zero-order valence-corrected chi connectivity index (χ0v) is 13.4. The van der Waals surface area contributed by atoms with Crippen LogP contribution < -0.4 is 0 Å². The van der Waals surface area contributed by atoms with Gasteiger partial charge in [-0.05, 0) is 18.6 Å². The molecule has 0 aromatic heterocycles. The highest BCUT2D eigenvalue weighted by Crippen LogP contribution is 2.31. The molecule has 0 heterocycles. The molecule has 20 heavy (non-hydrogen) atoms. The molecular formula is C14H21Cl2NO3. The minimum atomic E-state index is 0.0882. The molecule has 0 aliphatic carbocycles. The second kappa shape index (κ2) is 9.42. The maximum absolute atomic E-state index is 9.99. The number of phenolic OH excluding ortho intramolecular Hbond substituents is 1. The van der Waals surface area contributed by atoms with E-state index >= 15 is 0 Å². The topological polar surface area (TPSA) is 41.9 Å². The maximum atomic E-state index is 9.99. The molecule has 1 aromatic carbocycles. The molecule has 1 rings (SSSR count). The van der Waals surface area contributed by atoms with Crippen molar-refractivity contribution in [3.05, 3.63) is 27.7 Å². The number of rotatable bonds is 9. The molecule has 1 aromatic rings. The summed E-state index contributed by atoms with van der Waals surface area (Å²) in [5, 5.41) is 10.8. The normalized spacial score (nSPS) is 11.2. The molecule has 0 fully saturated rings. The van der Waals surface area contributed by atoms with E-state index in [-0.39, 0.29) is 10.8 Å². The average molecular weight is 322 g/mol. The number of hydrogen-bond acceptors (Lipinski definition) is 4. The monoisotopic (exact) mass is 321 g/mol. The van der Waals surface area contributed by atoms with Crippen molar-refractivity contribution in [2.75, 3.05) is 40.5 Å². The van der Waals surface area contributed by atoms with Gasteiger partial charge in [-0.1, -0.05) is 23.2 Å². The summed E-state index contributed by atoms with van der Waals surface area (Å²) in [7, 11) is 3.35. The van der Waals surface area contributed by atoms with Crippen LogP contribution in [0.15, 0.2) is 12.1 Å². The van der Waals surface area contributed by atoms with E-state index in [1.165, 1.54) is 6.07 Å². The third-order valence-corrected chi connectivity index (χ3v) is 3.44. The van der Waals surface area contributed by atoms with E-state index in [0.29, 0.717) is 24.8 Å². The fourth-order valence-electron chi connectivity index (χ4n) is 1.90. The van der Waals surface area contributed by atoms with Gasteiger partial charge in [0.05, 0.1) is 11.6 Å². The molecule has 114 valence electrons. The molecule has 0 aliphatic rings. The van der Waals surface area contributed by atoms with E-state index in [0.717, 1.165) is 25.1 Å². The molecule has 1 N–H and O–H groups in total. The summed E-state index contributed by atoms with van der Waals surface area (Å²) in [5.74, 6) is 0.0882. The molecule has 0 bridgehead atoms. The van der Waals surface area contributed by atoms with Crippen molar-refractivity contribution in [3.63, 3.8) is 0 Å². The maximum Gasteiger partial charge on any atom is 0.138 e. The van der Waals surface area contributed by atoms with Gasteiger partial charge in [0.2, 0.25) is 0 Å². The van der Waals surface area contributed by atoms with Gasteiger partial charge in [-0.25, -0.2) is 0 Å². The van der Waals surface area contributed by atoms with Crippen molar-refractivity contribution in [2.24, 2.45) is 0 Å². The lowest BCUT2D eigenvalue weighted by Gasteiger charge is -2.22. The first-order valence-corrected chi connectivity index (χ1v) is 7.21.